The maximum atomic E-state index is 5.41. The quantitative estimate of drug-likeness (QED) is 0.741. The Kier molecular flexibility index (Phi) is 6.45. The van der Waals surface area contributed by atoms with E-state index in [1.54, 1.807) is 0 Å². The van der Waals surface area contributed by atoms with Crippen LogP contribution in [0.3, 0.4) is 0 Å². The van der Waals surface area contributed by atoms with E-state index >= 15 is 0 Å². The molecule has 102 valence electrons. The molecule has 0 aliphatic carbocycles. The summed E-state index contributed by atoms with van der Waals surface area (Å²) in [6.45, 7) is 14.2. The Balaban J connectivity index is 2.27. The average Bonchev–Trinajstić information content (AvgIpc) is 2.35. The Morgan fingerprint density at radius 1 is 1.29 bits per heavy atom. The molecule has 0 bridgehead atoms. The summed E-state index contributed by atoms with van der Waals surface area (Å²) in [5.41, 5.74) is 0.240. The summed E-state index contributed by atoms with van der Waals surface area (Å²) in [6.07, 6.45) is 3.90. The fraction of sp³-hybridized carbons (Fsp3) is 1.00. The van der Waals surface area contributed by atoms with Crippen LogP contribution in [0.2, 0.25) is 0 Å². The van der Waals surface area contributed by atoms with Crippen molar-refractivity contribution in [2.75, 3.05) is 32.8 Å². The van der Waals surface area contributed by atoms with Crippen molar-refractivity contribution in [2.45, 2.75) is 58.5 Å². The van der Waals surface area contributed by atoms with Gasteiger partial charge in [0, 0.05) is 31.2 Å². The number of hydrogen-bond acceptors (Lipinski definition) is 3. The van der Waals surface area contributed by atoms with Crippen LogP contribution in [0.4, 0.5) is 0 Å². The lowest BCUT2D eigenvalue weighted by molar-refractivity contribution is -0.0103. The van der Waals surface area contributed by atoms with E-state index in [0.29, 0.717) is 6.04 Å². The summed E-state index contributed by atoms with van der Waals surface area (Å²) in [4.78, 5) is 2.54. The molecule has 0 aromatic heterocycles. The summed E-state index contributed by atoms with van der Waals surface area (Å²) in [6, 6.07) is 0.635. The molecule has 1 N–H and O–H groups in total. The first-order valence-corrected chi connectivity index (χ1v) is 7.12. The maximum Gasteiger partial charge on any atom is 0.0594 e. The molecule has 1 rings (SSSR count). The van der Waals surface area contributed by atoms with Crippen LogP contribution in [-0.4, -0.2) is 49.3 Å². The van der Waals surface area contributed by atoms with E-state index in [4.69, 9.17) is 4.74 Å². The molecule has 1 fully saturated rings. The second-order valence-electron chi connectivity index (χ2n) is 5.84. The highest BCUT2D eigenvalue weighted by atomic mass is 16.5. The van der Waals surface area contributed by atoms with Gasteiger partial charge in [-0.1, -0.05) is 19.8 Å². The lowest BCUT2D eigenvalue weighted by Crippen LogP contribution is -2.55. The van der Waals surface area contributed by atoms with Crippen molar-refractivity contribution in [3.63, 3.8) is 0 Å². The largest absolute Gasteiger partial charge is 0.379 e. The van der Waals surface area contributed by atoms with Crippen LogP contribution in [0.15, 0.2) is 0 Å². The number of rotatable bonds is 7. The van der Waals surface area contributed by atoms with Gasteiger partial charge >= 0.3 is 0 Å². The van der Waals surface area contributed by atoms with Crippen LogP contribution >= 0.6 is 0 Å². The van der Waals surface area contributed by atoms with Gasteiger partial charge in [0.15, 0.2) is 0 Å². The van der Waals surface area contributed by atoms with Crippen LogP contribution in [-0.2, 0) is 4.74 Å². The van der Waals surface area contributed by atoms with E-state index < -0.39 is 0 Å². The molecule has 1 heterocycles. The molecule has 1 saturated heterocycles. The van der Waals surface area contributed by atoms with Gasteiger partial charge in [-0.05, 0) is 27.2 Å². The molecule has 0 saturated carbocycles. The van der Waals surface area contributed by atoms with Crippen molar-refractivity contribution in [3.05, 3.63) is 0 Å². The topological polar surface area (TPSA) is 24.5 Å². The van der Waals surface area contributed by atoms with Crippen molar-refractivity contribution in [2.24, 2.45) is 0 Å². The monoisotopic (exact) mass is 242 g/mol. The Hall–Kier alpha value is -0.120. The minimum Gasteiger partial charge on any atom is -0.379 e. The minimum atomic E-state index is 0.240. The van der Waals surface area contributed by atoms with Crippen molar-refractivity contribution < 1.29 is 4.74 Å². The highest BCUT2D eigenvalue weighted by Gasteiger charge is 2.28. The lowest BCUT2D eigenvalue weighted by Gasteiger charge is -2.41. The Bertz CT molecular complexity index is 200. The molecule has 1 aliphatic rings. The molecule has 0 aromatic carbocycles. The number of ether oxygens (including phenoxy) is 1. The first-order chi connectivity index (χ1) is 8.06. The second-order valence-corrected chi connectivity index (χ2v) is 5.84. The van der Waals surface area contributed by atoms with Crippen LogP contribution in [0, 0.1) is 0 Å². The molecule has 1 aliphatic heterocycles. The Labute approximate surface area is 107 Å². The summed E-state index contributed by atoms with van der Waals surface area (Å²) in [5.74, 6) is 0. The minimum absolute atomic E-state index is 0.240. The summed E-state index contributed by atoms with van der Waals surface area (Å²) >= 11 is 0. The molecular weight excluding hydrogens is 212 g/mol. The highest BCUT2D eigenvalue weighted by molar-refractivity contribution is 4.86. The van der Waals surface area contributed by atoms with Gasteiger partial charge in [-0.2, -0.15) is 0 Å². The number of morpholine rings is 1. The van der Waals surface area contributed by atoms with Gasteiger partial charge in [0.2, 0.25) is 0 Å². The van der Waals surface area contributed by atoms with Gasteiger partial charge < -0.3 is 10.1 Å². The molecule has 17 heavy (non-hydrogen) atoms. The van der Waals surface area contributed by atoms with Gasteiger partial charge in [-0.3, -0.25) is 4.90 Å². The fourth-order valence-electron chi connectivity index (χ4n) is 2.32. The predicted octanol–water partition coefficient (Wildman–Crippen LogP) is 2.27. The van der Waals surface area contributed by atoms with E-state index in [-0.39, 0.29) is 5.54 Å². The molecule has 0 aromatic rings. The van der Waals surface area contributed by atoms with Gasteiger partial charge in [-0.25, -0.2) is 0 Å². The fourth-order valence-corrected chi connectivity index (χ4v) is 2.32. The van der Waals surface area contributed by atoms with Crippen molar-refractivity contribution in [1.29, 1.82) is 0 Å². The number of nitrogens with zero attached hydrogens (tertiary/aromatic N) is 1. The van der Waals surface area contributed by atoms with Gasteiger partial charge in [0.05, 0.1) is 13.2 Å². The van der Waals surface area contributed by atoms with E-state index in [9.17, 15) is 0 Å². The summed E-state index contributed by atoms with van der Waals surface area (Å²) in [5, 5.41) is 3.67. The Morgan fingerprint density at radius 3 is 2.53 bits per heavy atom. The molecule has 1 atom stereocenters. The second kappa shape index (κ2) is 7.34. The lowest BCUT2D eigenvalue weighted by atomic mass is 10.0. The standard InChI is InChI=1S/C14H30N2O/c1-5-6-7-13(2)15-12-14(3,4)16-8-10-17-11-9-16/h13,15H,5-12H2,1-4H3. The predicted molar refractivity (Wildman–Crippen MR) is 73.5 cm³/mol. The number of hydrogen-bond donors (Lipinski definition) is 1. The van der Waals surface area contributed by atoms with E-state index in [1.807, 2.05) is 0 Å². The smallest absolute Gasteiger partial charge is 0.0594 e. The van der Waals surface area contributed by atoms with Gasteiger partial charge in [0.1, 0.15) is 0 Å². The van der Waals surface area contributed by atoms with E-state index in [1.165, 1.54) is 19.3 Å². The molecule has 3 heteroatoms. The van der Waals surface area contributed by atoms with Crippen molar-refractivity contribution in [3.8, 4) is 0 Å². The molecule has 3 nitrogen and oxygen atoms in total. The zero-order chi connectivity index (χ0) is 12.7. The SMILES string of the molecule is CCCCC(C)NCC(C)(C)N1CCOCC1. The summed E-state index contributed by atoms with van der Waals surface area (Å²) < 4.78 is 5.41. The maximum absolute atomic E-state index is 5.41. The molecule has 0 amide bonds. The van der Waals surface area contributed by atoms with Crippen LogP contribution in [0.1, 0.15) is 47.0 Å². The average molecular weight is 242 g/mol. The summed E-state index contributed by atoms with van der Waals surface area (Å²) in [7, 11) is 0. The van der Waals surface area contributed by atoms with Crippen molar-refractivity contribution >= 4 is 0 Å². The van der Waals surface area contributed by atoms with E-state index in [0.717, 1.165) is 32.8 Å². The van der Waals surface area contributed by atoms with Crippen LogP contribution < -0.4 is 5.32 Å². The first-order valence-electron chi connectivity index (χ1n) is 7.12. The first kappa shape index (κ1) is 14.9. The van der Waals surface area contributed by atoms with Crippen molar-refractivity contribution in [1.82, 2.24) is 10.2 Å². The zero-order valence-electron chi connectivity index (χ0n) is 12.1. The highest BCUT2D eigenvalue weighted by Crippen LogP contribution is 2.15. The number of unbranched alkanes of at least 4 members (excludes halogenated alkanes) is 1. The third kappa shape index (κ3) is 5.36. The normalized spacial score (nSPS) is 20.5. The molecular formula is C14H30N2O. The molecule has 0 spiro atoms. The molecule has 1 unspecified atom stereocenters. The third-order valence-corrected chi connectivity index (χ3v) is 3.74. The molecule has 0 radical (unpaired) electrons. The van der Waals surface area contributed by atoms with Crippen LogP contribution in [0.25, 0.3) is 0 Å². The van der Waals surface area contributed by atoms with Gasteiger partial charge in [-0.15, -0.1) is 0 Å². The third-order valence-electron chi connectivity index (χ3n) is 3.74. The Morgan fingerprint density at radius 2 is 1.94 bits per heavy atom. The number of nitrogens with one attached hydrogen (secondary N) is 1. The zero-order valence-corrected chi connectivity index (χ0v) is 12.1. The van der Waals surface area contributed by atoms with Crippen LogP contribution in [0.5, 0.6) is 0 Å². The van der Waals surface area contributed by atoms with E-state index in [2.05, 4.69) is 37.9 Å². The van der Waals surface area contributed by atoms with Gasteiger partial charge in [0.25, 0.3) is 0 Å².